The fourth-order valence-electron chi connectivity index (χ4n) is 2.65. The zero-order valence-electron chi connectivity index (χ0n) is 11.5. The molecule has 3 rings (SSSR count). The van der Waals surface area contributed by atoms with Crippen LogP contribution < -0.4 is 5.32 Å². The first-order valence-corrected chi connectivity index (χ1v) is 7.99. The van der Waals surface area contributed by atoms with Gasteiger partial charge in [-0.25, -0.2) is 0 Å². The van der Waals surface area contributed by atoms with Gasteiger partial charge in [0.1, 0.15) is 5.76 Å². The second kappa shape index (κ2) is 5.79. The van der Waals surface area contributed by atoms with Crippen molar-refractivity contribution in [3.63, 3.8) is 0 Å². The SMILES string of the molecule is CCC(NC(=O)c1noc2c1CCCC2)c1cccs1. The molecule has 2 heterocycles. The quantitative estimate of drug-likeness (QED) is 0.937. The van der Waals surface area contributed by atoms with Crippen molar-refractivity contribution in [3.05, 3.63) is 39.4 Å². The third-order valence-corrected chi connectivity index (χ3v) is 4.75. The molecule has 5 heteroatoms. The lowest BCUT2D eigenvalue weighted by molar-refractivity contribution is 0.0926. The molecule has 0 spiro atoms. The van der Waals surface area contributed by atoms with Crippen LogP contribution in [0.15, 0.2) is 22.0 Å². The summed E-state index contributed by atoms with van der Waals surface area (Å²) in [4.78, 5) is 13.6. The van der Waals surface area contributed by atoms with Crippen molar-refractivity contribution in [2.45, 2.75) is 45.1 Å². The van der Waals surface area contributed by atoms with Gasteiger partial charge in [0.05, 0.1) is 6.04 Å². The topological polar surface area (TPSA) is 55.1 Å². The summed E-state index contributed by atoms with van der Waals surface area (Å²) in [5, 5.41) is 9.08. The van der Waals surface area contributed by atoms with Gasteiger partial charge < -0.3 is 9.84 Å². The Morgan fingerprint density at radius 1 is 1.50 bits per heavy atom. The minimum atomic E-state index is -0.114. The molecule has 20 heavy (non-hydrogen) atoms. The van der Waals surface area contributed by atoms with Gasteiger partial charge in [0.25, 0.3) is 5.91 Å². The Hall–Kier alpha value is -1.62. The largest absolute Gasteiger partial charge is 0.360 e. The summed E-state index contributed by atoms with van der Waals surface area (Å²) in [6, 6.07) is 4.11. The Balaban J connectivity index is 1.77. The first-order valence-electron chi connectivity index (χ1n) is 7.11. The summed E-state index contributed by atoms with van der Waals surface area (Å²) in [6.07, 6.45) is 4.90. The number of hydrogen-bond acceptors (Lipinski definition) is 4. The van der Waals surface area contributed by atoms with Crippen molar-refractivity contribution >= 4 is 17.2 Å². The van der Waals surface area contributed by atoms with Crippen LogP contribution in [0.1, 0.15) is 58.9 Å². The molecule has 1 aliphatic carbocycles. The molecule has 2 aromatic heterocycles. The van der Waals surface area contributed by atoms with Crippen LogP contribution in [0.3, 0.4) is 0 Å². The van der Waals surface area contributed by atoms with Crippen LogP contribution >= 0.6 is 11.3 Å². The Kier molecular flexibility index (Phi) is 3.87. The van der Waals surface area contributed by atoms with E-state index in [1.165, 1.54) is 4.88 Å². The molecule has 0 bridgehead atoms. The predicted molar refractivity (Wildman–Crippen MR) is 78.0 cm³/mol. The molecule has 106 valence electrons. The van der Waals surface area contributed by atoms with E-state index >= 15 is 0 Å². The van der Waals surface area contributed by atoms with E-state index in [1.54, 1.807) is 11.3 Å². The van der Waals surface area contributed by atoms with E-state index in [4.69, 9.17) is 4.52 Å². The maximum Gasteiger partial charge on any atom is 0.274 e. The lowest BCUT2D eigenvalue weighted by Crippen LogP contribution is -2.28. The minimum Gasteiger partial charge on any atom is -0.360 e. The zero-order chi connectivity index (χ0) is 13.9. The van der Waals surface area contributed by atoms with Crippen LogP contribution in [0.25, 0.3) is 0 Å². The van der Waals surface area contributed by atoms with Crippen molar-refractivity contribution in [3.8, 4) is 0 Å². The molecule has 0 aromatic carbocycles. The molecule has 4 nitrogen and oxygen atoms in total. The van der Waals surface area contributed by atoms with Gasteiger partial charge in [-0.1, -0.05) is 18.1 Å². The predicted octanol–water partition coefficient (Wildman–Crippen LogP) is 3.50. The summed E-state index contributed by atoms with van der Waals surface area (Å²) in [6.45, 7) is 2.07. The fraction of sp³-hybridized carbons (Fsp3) is 0.467. The van der Waals surface area contributed by atoms with E-state index < -0.39 is 0 Å². The molecule has 1 unspecified atom stereocenters. The van der Waals surface area contributed by atoms with Crippen molar-refractivity contribution in [1.29, 1.82) is 0 Å². The Labute approximate surface area is 122 Å². The molecule has 0 saturated heterocycles. The molecule has 1 N–H and O–H groups in total. The van der Waals surface area contributed by atoms with Crippen LogP contribution in [0.2, 0.25) is 0 Å². The van der Waals surface area contributed by atoms with Gasteiger partial charge in [0.2, 0.25) is 0 Å². The average Bonchev–Trinajstić information content (AvgIpc) is 3.13. The number of fused-ring (bicyclic) bond motifs is 1. The number of aromatic nitrogens is 1. The average molecular weight is 290 g/mol. The van der Waals surface area contributed by atoms with Crippen molar-refractivity contribution in [2.75, 3.05) is 0 Å². The normalized spacial score (nSPS) is 15.7. The van der Waals surface area contributed by atoms with Gasteiger partial charge in [0, 0.05) is 16.9 Å². The molecule has 0 aliphatic heterocycles. The van der Waals surface area contributed by atoms with Crippen LogP contribution in [0.5, 0.6) is 0 Å². The number of aryl methyl sites for hydroxylation is 1. The summed E-state index contributed by atoms with van der Waals surface area (Å²) in [5.74, 6) is 0.780. The lowest BCUT2D eigenvalue weighted by atomic mass is 9.96. The number of carbonyl (C=O) groups excluding carboxylic acids is 1. The molecular weight excluding hydrogens is 272 g/mol. The van der Waals surface area contributed by atoms with Gasteiger partial charge in [-0.3, -0.25) is 4.79 Å². The molecule has 0 fully saturated rings. The highest BCUT2D eigenvalue weighted by atomic mass is 32.1. The van der Waals surface area contributed by atoms with E-state index in [9.17, 15) is 4.79 Å². The summed E-state index contributed by atoms with van der Waals surface area (Å²) in [7, 11) is 0. The smallest absolute Gasteiger partial charge is 0.274 e. The van der Waals surface area contributed by atoms with Gasteiger partial charge >= 0.3 is 0 Å². The highest BCUT2D eigenvalue weighted by molar-refractivity contribution is 7.10. The number of nitrogens with zero attached hydrogens (tertiary/aromatic N) is 1. The van der Waals surface area contributed by atoms with Crippen LogP contribution in [0, 0.1) is 0 Å². The fourth-order valence-corrected chi connectivity index (χ4v) is 3.51. The Bertz CT molecular complexity index is 589. The highest BCUT2D eigenvalue weighted by Gasteiger charge is 2.25. The number of hydrogen-bond donors (Lipinski definition) is 1. The molecule has 1 aliphatic rings. The van der Waals surface area contributed by atoms with Crippen LogP contribution in [-0.4, -0.2) is 11.1 Å². The summed E-state index contributed by atoms with van der Waals surface area (Å²) < 4.78 is 5.31. The molecule has 0 radical (unpaired) electrons. The van der Waals surface area contributed by atoms with E-state index in [-0.39, 0.29) is 11.9 Å². The number of thiophene rings is 1. The van der Waals surface area contributed by atoms with E-state index in [0.29, 0.717) is 5.69 Å². The first kappa shape index (κ1) is 13.4. The molecule has 0 saturated carbocycles. The maximum atomic E-state index is 12.4. The first-order chi connectivity index (χ1) is 9.79. The second-order valence-electron chi connectivity index (χ2n) is 5.09. The Morgan fingerprint density at radius 3 is 3.10 bits per heavy atom. The van der Waals surface area contributed by atoms with E-state index in [2.05, 4.69) is 23.5 Å². The standard InChI is InChI=1S/C15H18N2O2S/c1-2-11(13-8-5-9-20-13)16-15(18)14-10-6-3-4-7-12(10)19-17-14/h5,8-9,11H,2-4,6-7H2,1H3,(H,16,18). The van der Waals surface area contributed by atoms with Crippen molar-refractivity contribution < 1.29 is 9.32 Å². The van der Waals surface area contributed by atoms with Crippen molar-refractivity contribution in [1.82, 2.24) is 10.5 Å². The van der Waals surface area contributed by atoms with Gasteiger partial charge in [-0.05, 0) is 37.1 Å². The molecule has 2 aromatic rings. The maximum absolute atomic E-state index is 12.4. The van der Waals surface area contributed by atoms with Crippen LogP contribution in [-0.2, 0) is 12.8 Å². The Morgan fingerprint density at radius 2 is 2.35 bits per heavy atom. The summed E-state index contributed by atoms with van der Waals surface area (Å²) >= 11 is 1.67. The van der Waals surface area contributed by atoms with Gasteiger partial charge in [-0.2, -0.15) is 0 Å². The number of amides is 1. The zero-order valence-corrected chi connectivity index (χ0v) is 12.3. The molecular formula is C15H18N2O2S. The third-order valence-electron chi connectivity index (χ3n) is 3.77. The monoisotopic (exact) mass is 290 g/mol. The third kappa shape index (κ3) is 2.50. The second-order valence-corrected chi connectivity index (χ2v) is 6.07. The van der Waals surface area contributed by atoms with Gasteiger partial charge in [0.15, 0.2) is 5.69 Å². The lowest BCUT2D eigenvalue weighted by Gasteiger charge is -2.15. The number of carbonyl (C=O) groups is 1. The molecule has 1 atom stereocenters. The van der Waals surface area contributed by atoms with Gasteiger partial charge in [-0.15, -0.1) is 11.3 Å². The van der Waals surface area contributed by atoms with E-state index in [1.807, 2.05) is 11.4 Å². The highest BCUT2D eigenvalue weighted by Crippen LogP contribution is 2.26. The number of rotatable bonds is 4. The minimum absolute atomic E-state index is 0.0541. The molecule has 1 amide bonds. The number of nitrogens with one attached hydrogen (secondary N) is 1. The summed E-state index contributed by atoms with van der Waals surface area (Å²) in [5.41, 5.74) is 1.49. The van der Waals surface area contributed by atoms with E-state index in [0.717, 1.165) is 43.4 Å². The van der Waals surface area contributed by atoms with Crippen molar-refractivity contribution in [2.24, 2.45) is 0 Å². The van der Waals surface area contributed by atoms with Crippen LogP contribution in [0.4, 0.5) is 0 Å².